The highest BCUT2D eigenvalue weighted by Crippen LogP contribution is 2.27. The Morgan fingerprint density at radius 3 is 2.50 bits per heavy atom. The van der Waals surface area contributed by atoms with E-state index < -0.39 is 0 Å². The third kappa shape index (κ3) is 3.64. The maximum Gasteiger partial charge on any atom is 0.317 e. The fourth-order valence-electron chi connectivity index (χ4n) is 3.93. The lowest BCUT2D eigenvalue weighted by atomic mass is 9.93. The van der Waals surface area contributed by atoms with Crippen LogP contribution in [0.15, 0.2) is 18.2 Å². The molecule has 1 saturated heterocycles. The van der Waals surface area contributed by atoms with Gasteiger partial charge in [0, 0.05) is 38.1 Å². The third-order valence-electron chi connectivity index (χ3n) is 5.77. The SMILES string of the molecule is COc1ccc2c(c1)CCN(C(=O)C1CCN(C(=O)NC3CC3)CC1)C2. The number of hydrogen-bond donors (Lipinski definition) is 1. The molecule has 1 N–H and O–H groups in total. The van der Waals surface area contributed by atoms with Gasteiger partial charge >= 0.3 is 6.03 Å². The molecule has 140 valence electrons. The molecule has 1 aromatic carbocycles. The molecule has 1 aliphatic carbocycles. The number of benzene rings is 1. The lowest BCUT2D eigenvalue weighted by molar-refractivity contribution is -0.137. The summed E-state index contributed by atoms with van der Waals surface area (Å²) in [6.45, 7) is 2.80. The number of piperidine rings is 1. The molecule has 26 heavy (non-hydrogen) atoms. The van der Waals surface area contributed by atoms with Crippen molar-refractivity contribution in [2.75, 3.05) is 26.7 Å². The molecule has 0 unspecified atom stereocenters. The second kappa shape index (κ2) is 7.17. The van der Waals surface area contributed by atoms with E-state index in [1.165, 1.54) is 11.1 Å². The Hall–Kier alpha value is -2.24. The predicted molar refractivity (Wildman–Crippen MR) is 98.0 cm³/mol. The Labute approximate surface area is 154 Å². The number of urea groups is 1. The number of hydrogen-bond acceptors (Lipinski definition) is 3. The first-order valence-electron chi connectivity index (χ1n) is 9.64. The van der Waals surface area contributed by atoms with Crippen molar-refractivity contribution in [1.29, 1.82) is 0 Å². The molecule has 0 bridgehead atoms. The zero-order valence-electron chi connectivity index (χ0n) is 15.4. The van der Waals surface area contributed by atoms with Gasteiger partial charge in [-0.3, -0.25) is 4.79 Å². The molecule has 0 aromatic heterocycles. The minimum Gasteiger partial charge on any atom is -0.497 e. The van der Waals surface area contributed by atoms with Crippen LogP contribution in [0.25, 0.3) is 0 Å². The van der Waals surface area contributed by atoms with Gasteiger partial charge in [0.1, 0.15) is 5.75 Å². The van der Waals surface area contributed by atoms with Crippen LogP contribution in [0, 0.1) is 5.92 Å². The number of ether oxygens (including phenoxy) is 1. The molecular formula is C20H27N3O3. The summed E-state index contributed by atoms with van der Waals surface area (Å²) in [5.41, 5.74) is 2.49. The lowest BCUT2D eigenvalue weighted by Crippen LogP contribution is -2.48. The van der Waals surface area contributed by atoms with Crippen molar-refractivity contribution in [3.63, 3.8) is 0 Å². The number of fused-ring (bicyclic) bond motifs is 1. The van der Waals surface area contributed by atoms with Crippen molar-refractivity contribution in [2.24, 2.45) is 5.92 Å². The maximum atomic E-state index is 12.9. The zero-order valence-corrected chi connectivity index (χ0v) is 15.4. The van der Waals surface area contributed by atoms with Crippen molar-refractivity contribution in [3.8, 4) is 5.75 Å². The highest BCUT2D eigenvalue weighted by Gasteiger charge is 2.33. The van der Waals surface area contributed by atoms with Gasteiger partial charge in [-0.15, -0.1) is 0 Å². The van der Waals surface area contributed by atoms with Gasteiger partial charge in [-0.05, 0) is 55.4 Å². The average Bonchev–Trinajstić information content (AvgIpc) is 3.50. The van der Waals surface area contributed by atoms with Crippen LogP contribution in [0.1, 0.15) is 36.8 Å². The van der Waals surface area contributed by atoms with E-state index in [1.807, 2.05) is 15.9 Å². The lowest BCUT2D eigenvalue weighted by Gasteiger charge is -2.36. The molecule has 2 aliphatic heterocycles. The van der Waals surface area contributed by atoms with E-state index in [-0.39, 0.29) is 17.9 Å². The number of amides is 3. The van der Waals surface area contributed by atoms with E-state index in [4.69, 9.17) is 4.74 Å². The van der Waals surface area contributed by atoms with Gasteiger partial charge in [0.15, 0.2) is 0 Å². The summed E-state index contributed by atoms with van der Waals surface area (Å²) in [6.07, 6.45) is 4.61. The molecule has 0 atom stereocenters. The monoisotopic (exact) mass is 357 g/mol. The largest absolute Gasteiger partial charge is 0.497 e. The Bertz CT molecular complexity index is 694. The molecule has 0 radical (unpaired) electrons. The summed E-state index contributed by atoms with van der Waals surface area (Å²) in [5, 5.41) is 3.03. The van der Waals surface area contributed by atoms with Crippen LogP contribution in [0.3, 0.4) is 0 Å². The topological polar surface area (TPSA) is 61.9 Å². The van der Waals surface area contributed by atoms with E-state index in [0.717, 1.165) is 44.4 Å². The van der Waals surface area contributed by atoms with Crippen LogP contribution in [0.2, 0.25) is 0 Å². The molecule has 1 aromatic rings. The molecule has 6 nitrogen and oxygen atoms in total. The van der Waals surface area contributed by atoms with Gasteiger partial charge in [-0.2, -0.15) is 0 Å². The normalized spacial score (nSPS) is 20.5. The number of methoxy groups -OCH3 is 1. The first kappa shape index (κ1) is 17.2. The second-order valence-electron chi connectivity index (χ2n) is 7.63. The summed E-state index contributed by atoms with van der Waals surface area (Å²) >= 11 is 0. The number of carbonyl (C=O) groups is 2. The highest BCUT2D eigenvalue weighted by molar-refractivity contribution is 5.80. The Kier molecular flexibility index (Phi) is 4.74. The van der Waals surface area contributed by atoms with E-state index in [1.54, 1.807) is 7.11 Å². The smallest absolute Gasteiger partial charge is 0.317 e. The minimum atomic E-state index is 0.0410. The number of likely N-dealkylation sites (tertiary alicyclic amines) is 1. The maximum absolute atomic E-state index is 12.9. The molecule has 0 spiro atoms. The van der Waals surface area contributed by atoms with Crippen LogP contribution in [-0.4, -0.2) is 54.5 Å². The predicted octanol–water partition coefficient (Wildman–Crippen LogP) is 2.16. The number of carbonyl (C=O) groups excluding carboxylic acids is 2. The highest BCUT2D eigenvalue weighted by atomic mass is 16.5. The summed E-state index contributed by atoms with van der Waals surface area (Å²) in [5.74, 6) is 1.16. The Morgan fingerprint density at radius 1 is 1.04 bits per heavy atom. The summed E-state index contributed by atoms with van der Waals surface area (Å²) in [4.78, 5) is 28.9. The minimum absolute atomic E-state index is 0.0410. The summed E-state index contributed by atoms with van der Waals surface area (Å²) in [6, 6.07) is 6.53. The first-order valence-corrected chi connectivity index (χ1v) is 9.64. The van der Waals surface area contributed by atoms with Crippen LogP contribution < -0.4 is 10.1 Å². The van der Waals surface area contributed by atoms with Crippen molar-refractivity contribution in [2.45, 2.75) is 44.7 Å². The summed E-state index contributed by atoms with van der Waals surface area (Å²) in [7, 11) is 1.68. The number of nitrogens with one attached hydrogen (secondary N) is 1. The number of rotatable bonds is 3. The second-order valence-corrected chi connectivity index (χ2v) is 7.63. The molecule has 2 heterocycles. The van der Waals surface area contributed by atoms with E-state index in [9.17, 15) is 9.59 Å². The Balaban J connectivity index is 1.31. The van der Waals surface area contributed by atoms with Crippen molar-refractivity contribution in [3.05, 3.63) is 29.3 Å². The van der Waals surface area contributed by atoms with Crippen molar-refractivity contribution >= 4 is 11.9 Å². The quantitative estimate of drug-likeness (QED) is 0.902. The molecule has 1 saturated carbocycles. The fourth-order valence-corrected chi connectivity index (χ4v) is 3.93. The standard InChI is InChI=1S/C20H27N3O3/c1-26-18-5-2-16-13-23(11-8-15(16)12-18)19(24)14-6-9-22(10-7-14)20(25)21-17-3-4-17/h2,5,12,14,17H,3-4,6-11,13H2,1H3,(H,21,25). The van der Waals surface area contributed by atoms with Crippen LogP contribution in [0.5, 0.6) is 5.75 Å². The number of nitrogens with zero attached hydrogens (tertiary/aromatic N) is 2. The van der Waals surface area contributed by atoms with E-state index in [0.29, 0.717) is 25.7 Å². The van der Waals surface area contributed by atoms with Gasteiger partial charge in [-0.25, -0.2) is 4.79 Å². The first-order chi connectivity index (χ1) is 12.6. The molecule has 3 amide bonds. The van der Waals surface area contributed by atoms with Crippen LogP contribution in [0.4, 0.5) is 4.79 Å². The zero-order chi connectivity index (χ0) is 18.1. The van der Waals surface area contributed by atoms with E-state index >= 15 is 0 Å². The van der Waals surface area contributed by atoms with Gasteiger partial charge in [-0.1, -0.05) is 6.07 Å². The molecule has 6 heteroatoms. The van der Waals surface area contributed by atoms with Crippen LogP contribution in [-0.2, 0) is 17.8 Å². The molecule has 2 fully saturated rings. The fraction of sp³-hybridized carbons (Fsp3) is 0.600. The third-order valence-corrected chi connectivity index (χ3v) is 5.77. The van der Waals surface area contributed by atoms with Gasteiger partial charge < -0.3 is 19.9 Å². The molecular weight excluding hydrogens is 330 g/mol. The van der Waals surface area contributed by atoms with Crippen molar-refractivity contribution < 1.29 is 14.3 Å². The van der Waals surface area contributed by atoms with Gasteiger partial charge in [0.25, 0.3) is 0 Å². The van der Waals surface area contributed by atoms with Gasteiger partial charge in [0.05, 0.1) is 7.11 Å². The van der Waals surface area contributed by atoms with E-state index in [2.05, 4.69) is 17.4 Å². The molecule has 3 aliphatic rings. The average molecular weight is 357 g/mol. The van der Waals surface area contributed by atoms with Gasteiger partial charge in [0.2, 0.25) is 5.91 Å². The molecule has 4 rings (SSSR count). The summed E-state index contributed by atoms with van der Waals surface area (Å²) < 4.78 is 5.29. The van der Waals surface area contributed by atoms with Crippen molar-refractivity contribution in [1.82, 2.24) is 15.1 Å². The van der Waals surface area contributed by atoms with Crippen LogP contribution >= 0.6 is 0 Å². The Morgan fingerprint density at radius 2 is 1.81 bits per heavy atom.